The van der Waals surface area contributed by atoms with Gasteiger partial charge in [0.25, 0.3) is 0 Å². The van der Waals surface area contributed by atoms with Crippen molar-refractivity contribution >= 4 is 5.78 Å². The number of rotatable bonds is 7. The standard InChI is InChI=1S/C20H19NO6/c1-23-18-8-13(9-19(24-2)20(18)25-3)15(22)6-14(10-21)12-4-5-16-17(7-12)27-11-26-16/h4-5,7-9,14H,6,11H2,1-3H3. The van der Waals surface area contributed by atoms with Gasteiger partial charge >= 0.3 is 0 Å². The van der Waals surface area contributed by atoms with Gasteiger partial charge in [0, 0.05) is 12.0 Å². The third-order valence-electron chi connectivity index (χ3n) is 4.33. The minimum absolute atomic E-state index is 0.00871. The number of nitriles is 1. The predicted molar refractivity (Wildman–Crippen MR) is 96.0 cm³/mol. The highest BCUT2D eigenvalue weighted by Crippen LogP contribution is 2.39. The molecular weight excluding hydrogens is 350 g/mol. The predicted octanol–water partition coefficient (Wildman–Crippen LogP) is 3.32. The maximum absolute atomic E-state index is 12.8. The molecule has 0 saturated carbocycles. The van der Waals surface area contributed by atoms with Crippen molar-refractivity contribution in [2.45, 2.75) is 12.3 Å². The summed E-state index contributed by atoms with van der Waals surface area (Å²) in [4.78, 5) is 12.8. The van der Waals surface area contributed by atoms with E-state index in [4.69, 9.17) is 23.7 Å². The zero-order chi connectivity index (χ0) is 19.4. The zero-order valence-corrected chi connectivity index (χ0v) is 15.3. The van der Waals surface area contributed by atoms with Gasteiger partial charge in [-0.3, -0.25) is 4.79 Å². The molecule has 0 aromatic heterocycles. The van der Waals surface area contributed by atoms with E-state index in [2.05, 4.69) is 6.07 Å². The summed E-state index contributed by atoms with van der Waals surface area (Å²) in [5.74, 6) is 1.56. The van der Waals surface area contributed by atoms with Crippen LogP contribution in [-0.2, 0) is 0 Å². The molecule has 1 aliphatic heterocycles. The van der Waals surface area contributed by atoms with Gasteiger partial charge in [0.1, 0.15) is 0 Å². The fraction of sp³-hybridized carbons (Fsp3) is 0.300. The lowest BCUT2D eigenvalue weighted by atomic mass is 9.92. The second-order valence-electron chi connectivity index (χ2n) is 5.84. The lowest BCUT2D eigenvalue weighted by Gasteiger charge is -2.14. The molecule has 140 valence electrons. The molecule has 0 fully saturated rings. The van der Waals surface area contributed by atoms with E-state index in [1.807, 2.05) is 0 Å². The van der Waals surface area contributed by atoms with Gasteiger partial charge in [-0.2, -0.15) is 5.26 Å². The zero-order valence-electron chi connectivity index (χ0n) is 15.3. The molecule has 1 atom stereocenters. The third kappa shape index (κ3) is 3.60. The van der Waals surface area contributed by atoms with Crippen molar-refractivity contribution in [3.05, 3.63) is 41.5 Å². The Morgan fingerprint density at radius 3 is 2.33 bits per heavy atom. The van der Waals surface area contributed by atoms with Crippen LogP contribution in [0.25, 0.3) is 0 Å². The first-order chi connectivity index (χ1) is 13.1. The molecule has 7 heteroatoms. The number of methoxy groups -OCH3 is 3. The number of benzene rings is 2. The number of Topliss-reactive ketones (excluding diaryl/α,β-unsaturated/α-hetero) is 1. The fourth-order valence-corrected chi connectivity index (χ4v) is 2.91. The number of hydrogen-bond acceptors (Lipinski definition) is 7. The smallest absolute Gasteiger partial charge is 0.231 e. The highest BCUT2D eigenvalue weighted by atomic mass is 16.7. The van der Waals surface area contributed by atoms with Crippen LogP contribution in [0.1, 0.15) is 28.3 Å². The van der Waals surface area contributed by atoms with E-state index in [1.54, 1.807) is 30.3 Å². The van der Waals surface area contributed by atoms with Crippen molar-refractivity contribution in [1.29, 1.82) is 5.26 Å². The van der Waals surface area contributed by atoms with Crippen LogP contribution in [0.2, 0.25) is 0 Å². The van der Waals surface area contributed by atoms with Crippen molar-refractivity contribution in [1.82, 2.24) is 0 Å². The average Bonchev–Trinajstić information content (AvgIpc) is 3.18. The Morgan fingerprint density at radius 2 is 1.74 bits per heavy atom. The molecule has 0 bridgehead atoms. The maximum atomic E-state index is 12.8. The Hall–Kier alpha value is -3.40. The summed E-state index contributed by atoms with van der Waals surface area (Å²) in [5, 5.41) is 9.56. The summed E-state index contributed by atoms with van der Waals surface area (Å²) in [7, 11) is 4.46. The molecule has 1 aliphatic rings. The topological polar surface area (TPSA) is 87.0 Å². The van der Waals surface area contributed by atoms with Gasteiger partial charge in [0.2, 0.25) is 12.5 Å². The quantitative estimate of drug-likeness (QED) is 0.692. The van der Waals surface area contributed by atoms with Crippen LogP contribution in [0.4, 0.5) is 0 Å². The number of ether oxygens (including phenoxy) is 5. The van der Waals surface area contributed by atoms with Gasteiger partial charge in [-0.05, 0) is 29.8 Å². The molecule has 27 heavy (non-hydrogen) atoms. The van der Waals surface area contributed by atoms with Gasteiger partial charge in [0.15, 0.2) is 28.8 Å². The van der Waals surface area contributed by atoms with Gasteiger partial charge in [-0.25, -0.2) is 0 Å². The highest BCUT2D eigenvalue weighted by molar-refractivity contribution is 5.98. The van der Waals surface area contributed by atoms with Crippen LogP contribution in [0.15, 0.2) is 30.3 Å². The first kappa shape index (κ1) is 18.4. The summed E-state index contributed by atoms with van der Waals surface area (Å²) < 4.78 is 26.5. The van der Waals surface area contributed by atoms with Gasteiger partial charge in [-0.15, -0.1) is 0 Å². The minimum atomic E-state index is -0.619. The molecule has 0 saturated heterocycles. The lowest BCUT2D eigenvalue weighted by Crippen LogP contribution is -2.08. The Morgan fingerprint density at radius 1 is 1.07 bits per heavy atom. The maximum Gasteiger partial charge on any atom is 0.231 e. The van der Waals surface area contributed by atoms with E-state index in [0.29, 0.717) is 39.9 Å². The van der Waals surface area contributed by atoms with Crippen LogP contribution in [0.3, 0.4) is 0 Å². The summed E-state index contributed by atoms with van der Waals surface area (Å²) in [6, 6.07) is 10.6. The Balaban J connectivity index is 1.86. The number of fused-ring (bicyclic) bond motifs is 1. The molecule has 0 spiro atoms. The van der Waals surface area contributed by atoms with E-state index in [1.165, 1.54) is 21.3 Å². The molecule has 0 amide bonds. The molecule has 0 radical (unpaired) electrons. The molecule has 0 aliphatic carbocycles. The van der Waals surface area contributed by atoms with E-state index in [9.17, 15) is 10.1 Å². The number of nitrogens with zero attached hydrogens (tertiary/aromatic N) is 1. The van der Waals surface area contributed by atoms with Gasteiger partial charge < -0.3 is 23.7 Å². The molecule has 0 N–H and O–H groups in total. The van der Waals surface area contributed by atoms with Crippen LogP contribution in [0, 0.1) is 11.3 Å². The molecule has 1 heterocycles. The first-order valence-electron chi connectivity index (χ1n) is 8.23. The lowest BCUT2D eigenvalue weighted by molar-refractivity contribution is 0.0978. The van der Waals surface area contributed by atoms with Gasteiger partial charge in [0.05, 0.1) is 33.3 Å². The van der Waals surface area contributed by atoms with Gasteiger partial charge in [-0.1, -0.05) is 6.07 Å². The third-order valence-corrected chi connectivity index (χ3v) is 4.33. The van der Waals surface area contributed by atoms with Crippen LogP contribution in [0.5, 0.6) is 28.7 Å². The number of ketones is 1. The number of carbonyl (C=O) groups is 1. The largest absolute Gasteiger partial charge is 0.493 e. The summed E-state index contributed by atoms with van der Waals surface area (Å²) in [6.07, 6.45) is 0.00871. The second kappa shape index (κ2) is 7.87. The Labute approximate surface area is 157 Å². The van der Waals surface area contributed by atoms with E-state index in [-0.39, 0.29) is 19.0 Å². The molecule has 2 aromatic carbocycles. The first-order valence-corrected chi connectivity index (χ1v) is 8.23. The van der Waals surface area contributed by atoms with Crippen molar-refractivity contribution in [2.75, 3.05) is 28.1 Å². The molecular formula is C20H19NO6. The summed E-state index contributed by atoms with van der Waals surface area (Å²) >= 11 is 0. The van der Waals surface area contributed by atoms with Crippen LogP contribution >= 0.6 is 0 Å². The van der Waals surface area contributed by atoms with Crippen molar-refractivity contribution in [2.24, 2.45) is 0 Å². The normalized spacial score (nSPS) is 12.8. The van der Waals surface area contributed by atoms with Crippen molar-refractivity contribution in [3.63, 3.8) is 0 Å². The second-order valence-corrected chi connectivity index (χ2v) is 5.84. The average molecular weight is 369 g/mol. The fourth-order valence-electron chi connectivity index (χ4n) is 2.91. The van der Waals surface area contributed by atoms with Crippen LogP contribution < -0.4 is 23.7 Å². The molecule has 2 aromatic rings. The molecule has 7 nitrogen and oxygen atoms in total. The number of hydrogen-bond donors (Lipinski definition) is 0. The van der Waals surface area contributed by atoms with E-state index in [0.717, 1.165) is 0 Å². The SMILES string of the molecule is COc1cc(C(=O)CC(C#N)c2ccc3c(c2)OCO3)cc(OC)c1OC. The number of carbonyl (C=O) groups excluding carboxylic acids is 1. The van der Waals surface area contributed by atoms with E-state index < -0.39 is 5.92 Å². The molecule has 3 rings (SSSR count). The van der Waals surface area contributed by atoms with Crippen LogP contribution in [-0.4, -0.2) is 33.9 Å². The van der Waals surface area contributed by atoms with Crippen molar-refractivity contribution in [3.8, 4) is 34.8 Å². The minimum Gasteiger partial charge on any atom is -0.493 e. The molecule has 1 unspecified atom stereocenters. The van der Waals surface area contributed by atoms with E-state index >= 15 is 0 Å². The Kier molecular flexibility index (Phi) is 5.36. The monoisotopic (exact) mass is 369 g/mol. The Bertz CT molecular complexity index is 877. The highest BCUT2D eigenvalue weighted by Gasteiger charge is 2.23. The summed E-state index contributed by atoms with van der Waals surface area (Å²) in [5.41, 5.74) is 1.08. The summed E-state index contributed by atoms with van der Waals surface area (Å²) in [6.45, 7) is 0.153. The van der Waals surface area contributed by atoms with Crippen molar-refractivity contribution < 1.29 is 28.5 Å².